The van der Waals surface area contributed by atoms with Crippen molar-refractivity contribution in [2.24, 2.45) is 40.4 Å². The molecule has 0 heterocycles. The lowest BCUT2D eigenvalue weighted by Gasteiger charge is -2.56. The van der Waals surface area contributed by atoms with Crippen LogP contribution in [0.1, 0.15) is 33.6 Å². The largest absolute Gasteiger partial charge is 0.393 e. The first kappa shape index (κ1) is 18.8. The zero-order valence-corrected chi connectivity index (χ0v) is 16.0. The van der Waals surface area contributed by atoms with Gasteiger partial charge in [0, 0.05) is 22.8 Å². The molecule has 27 heavy (non-hydrogen) atoms. The number of halogens is 1. The number of hydrogen-bond donors (Lipinski definition) is 2. The monoisotopic (exact) mass is 374 g/mol. The molecule has 5 heteroatoms. The van der Waals surface area contributed by atoms with Crippen LogP contribution in [0.2, 0.25) is 0 Å². The molecule has 0 unspecified atom stereocenters. The van der Waals surface area contributed by atoms with Gasteiger partial charge in [0.2, 0.25) is 0 Å². The Kier molecular flexibility index (Phi) is 4.13. The number of carbonyl (C=O) groups excluding carboxylic acids is 2. The summed E-state index contributed by atoms with van der Waals surface area (Å²) in [5, 5.41) is 20.6. The maximum absolute atomic E-state index is 15.1. The van der Waals surface area contributed by atoms with E-state index in [0.29, 0.717) is 12.0 Å². The molecule has 0 aliphatic heterocycles. The third kappa shape index (κ3) is 2.40. The molecule has 4 rings (SSSR count). The van der Waals surface area contributed by atoms with Crippen LogP contribution in [0.5, 0.6) is 0 Å². The van der Waals surface area contributed by atoms with Crippen LogP contribution >= 0.6 is 0 Å². The number of hydrogen-bond acceptors (Lipinski definition) is 4. The van der Waals surface area contributed by atoms with Gasteiger partial charge in [0.05, 0.1) is 6.10 Å². The Morgan fingerprint density at radius 3 is 2.74 bits per heavy atom. The number of rotatable bonds is 2. The zero-order valence-electron chi connectivity index (χ0n) is 16.0. The fourth-order valence-electron chi connectivity index (χ4n) is 7.02. The van der Waals surface area contributed by atoms with E-state index in [1.54, 1.807) is 12.2 Å². The Hall–Kier alpha value is -1.59. The molecule has 0 aromatic rings. The molecule has 2 saturated carbocycles. The Labute approximate surface area is 158 Å². The molecular formula is C22H27FO4. The van der Waals surface area contributed by atoms with Gasteiger partial charge < -0.3 is 10.2 Å². The molecular weight excluding hydrogens is 347 g/mol. The Morgan fingerprint density at radius 1 is 1.37 bits per heavy atom. The van der Waals surface area contributed by atoms with Crippen LogP contribution in [0.4, 0.5) is 4.39 Å². The number of carbonyl (C=O) groups is 2. The van der Waals surface area contributed by atoms with E-state index in [9.17, 15) is 19.8 Å². The predicted molar refractivity (Wildman–Crippen MR) is 98.1 cm³/mol. The van der Waals surface area contributed by atoms with Gasteiger partial charge in [-0.25, -0.2) is 4.39 Å². The number of fused-ring (bicyclic) bond motifs is 5. The van der Waals surface area contributed by atoms with E-state index < -0.39 is 29.4 Å². The summed E-state index contributed by atoms with van der Waals surface area (Å²) in [6.07, 6.45) is 6.63. The maximum Gasteiger partial charge on any atom is 0.178 e. The molecule has 2 fully saturated rings. The second-order valence-electron chi connectivity index (χ2n) is 9.39. The second kappa shape index (κ2) is 5.95. The summed E-state index contributed by atoms with van der Waals surface area (Å²) < 4.78 is 15.1. The third-order valence-corrected chi connectivity index (χ3v) is 7.95. The second-order valence-corrected chi connectivity index (χ2v) is 9.39. The molecule has 4 aliphatic carbocycles. The maximum atomic E-state index is 15.1. The molecule has 4 nitrogen and oxygen atoms in total. The smallest absolute Gasteiger partial charge is 0.178 e. The highest BCUT2D eigenvalue weighted by atomic mass is 19.1. The lowest BCUT2D eigenvalue weighted by atomic mass is 9.48. The highest BCUT2D eigenvalue weighted by Gasteiger charge is 2.64. The van der Waals surface area contributed by atoms with Crippen LogP contribution < -0.4 is 0 Å². The van der Waals surface area contributed by atoms with Crippen molar-refractivity contribution in [3.05, 3.63) is 35.7 Å². The predicted octanol–water partition coefficient (Wildman–Crippen LogP) is 2.76. The number of allylic oxidation sites excluding steroid dienone is 6. The van der Waals surface area contributed by atoms with E-state index in [1.165, 1.54) is 12.2 Å². The number of ketones is 2. The van der Waals surface area contributed by atoms with Gasteiger partial charge in [-0.3, -0.25) is 9.59 Å². The summed E-state index contributed by atoms with van der Waals surface area (Å²) in [6.45, 7) is 5.42. The molecule has 0 aromatic heterocycles. The number of Topliss-reactive ketones (excluding diaryl/α,β-unsaturated/α-hetero) is 1. The molecule has 146 valence electrons. The van der Waals surface area contributed by atoms with Gasteiger partial charge in [0.1, 0.15) is 12.4 Å². The summed E-state index contributed by atoms with van der Waals surface area (Å²) in [5.41, 5.74) is -0.851. The number of aliphatic hydroxyl groups is 2. The zero-order chi connectivity index (χ0) is 19.7. The van der Waals surface area contributed by atoms with Gasteiger partial charge in [0.15, 0.2) is 11.6 Å². The van der Waals surface area contributed by atoms with Crippen LogP contribution in [0.3, 0.4) is 0 Å². The summed E-state index contributed by atoms with van der Waals surface area (Å²) in [6, 6.07) is 0. The quantitative estimate of drug-likeness (QED) is 0.779. The fourth-order valence-corrected chi connectivity index (χ4v) is 7.02. The van der Waals surface area contributed by atoms with E-state index in [-0.39, 0.29) is 41.2 Å². The highest BCUT2D eigenvalue weighted by Crippen LogP contribution is 2.66. The fraction of sp³-hybridized carbons (Fsp3) is 0.636. The lowest BCUT2D eigenvalue weighted by molar-refractivity contribution is -0.138. The third-order valence-electron chi connectivity index (χ3n) is 7.95. The Balaban J connectivity index is 1.83. The molecule has 0 spiro atoms. The van der Waals surface area contributed by atoms with E-state index in [4.69, 9.17) is 0 Å². The van der Waals surface area contributed by atoms with Crippen molar-refractivity contribution in [1.82, 2.24) is 0 Å². The van der Waals surface area contributed by atoms with Crippen molar-refractivity contribution in [1.29, 1.82) is 0 Å². The van der Waals surface area contributed by atoms with Crippen molar-refractivity contribution in [3.8, 4) is 0 Å². The van der Waals surface area contributed by atoms with Gasteiger partial charge in [-0.15, -0.1) is 0 Å². The first-order valence-electron chi connectivity index (χ1n) is 9.78. The van der Waals surface area contributed by atoms with E-state index in [0.717, 1.165) is 6.42 Å². The molecule has 8 atom stereocenters. The average Bonchev–Trinajstić information content (AvgIpc) is 2.85. The van der Waals surface area contributed by atoms with Gasteiger partial charge in [-0.05, 0) is 54.2 Å². The minimum atomic E-state index is -0.736. The molecule has 4 aliphatic rings. The minimum absolute atomic E-state index is 0.0524. The van der Waals surface area contributed by atoms with Gasteiger partial charge in [-0.1, -0.05) is 26.8 Å². The van der Waals surface area contributed by atoms with Crippen LogP contribution in [0.15, 0.2) is 35.7 Å². The van der Waals surface area contributed by atoms with Crippen molar-refractivity contribution < 1.29 is 24.2 Å². The summed E-state index contributed by atoms with van der Waals surface area (Å²) in [5.74, 6) is -1.45. The molecule has 0 aromatic carbocycles. The average molecular weight is 374 g/mol. The van der Waals surface area contributed by atoms with Crippen LogP contribution in [-0.2, 0) is 9.59 Å². The Bertz CT molecular complexity index is 796. The van der Waals surface area contributed by atoms with E-state index in [1.807, 2.05) is 20.8 Å². The van der Waals surface area contributed by atoms with Gasteiger partial charge in [-0.2, -0.15) is 0 Å². The molecule has 0 saturated heterocycles. The van der Waals surface area contributed by atoms with E-state index in [2.05, 4.69) is 0 Å². The van der Waals surface area contributed by atoms with E-state index >= 15 is 4.39 Å². The molecule has 2 N–H and O–H groups in total. The molecule has 0 amide bonds. The number of aliphatic hydroxyl groups excluding tert-OH is 2. The van der Waals surface area contributed by atoms with Crippen molar-refractivity contribution >= 4 is 11.6 Å². The van der Waals surface area contributed by atoms with Crippen LogP contribution in [0.25, 0.3) is 0 Å². The SMILES string of the molecule is C[C@@H]1C[C@H]2[C@@H]3C=C(F)C4=CC(=O)C=C[C@]4(C)[C@H]3[C@@H](O)C[C@]2(C)[C@H]1C(=O)CO. The normalized spacial score (nSPS) is 48.3. The minimum Gasteiger partial charge on any atom is -0.393 e. The molecule has 0 bridgehead atoms. The van der Waals surface area contributed by atoms with Crippen molar-refractivity contribution in [3.63, 3.8) is 0 Å². The van der Waals surface area contributed by atoms with Gasteiger partial charge in [0.25, 0.3) is 0 Å². The van der Waals surface area contributed by atoms with Crippen molar-refractivity contribution in [2.75, 3.05) is 6.61 Å². The summed E-state index contributed by atoms with van der Waals surface area (Å²) >= 11 is 0. The summed E-state index contributed by atoms with van der Waals surface area (Å²) in [7, 11) is 0. The first-order valence-corrected chi connectivity index (χ1v) is 9.78. The topological polar surface area (TPSA) is 74.6 Å². The highest BCUT2D eigenvalue weighted by molar-refractivity contribution is 6.01. The van der Waals surface area contributed by atoms with Crippen LogP contribution in [0, 0.1) is 40.4 Å². The van der Waals surface area contributed by atoms with Crippen molar-refractivity contribution in [2.45, 2.75) is 39.7 Å². The first-order chi connectivity index (χ1) is 12.6. The Morgan fingerprint density at radius 2 is 2.07 bits per heavy atom. The lowest BCUT2D eigenvalue weighted by Crippen LogP contribution is -2.55. The van der Waals surface area contributed by atoms with Gasteiger partial charge >= 0.3 is 0 Å². The van der Waals surface area contributed by atoms with Crippen LogP contribution in [-0.4, -0.2) is 34.5 Å². The summed E-state index contributed by atoms with van der Waals surface area (Å²) in [4.78, 5) is 24.3. The standard InChI is InChI=1S/C22H27FO4/c1-11-6-14-13-8-16(23)15-7-12(25)4-5-21(15,2)20(13)17(26)9-22(14,3)19(11)18(27)10-24/h4-5,7-8,11,13-14,17,19-20,24,26H,6,9-10H2,1-3H3/t11-,13+,14+,17+,19-,20-,21+,22+/m1/s1. The molecule has 0 radical (unpaired) electrons.